The molecule has 1 rings (SSSR count). The summed E-state index contributed by atoms with van der Waals surface area (Å²) in [6.07, 6.45) is 0. The quantitative estimate of drug-likeness (QED) is 0.876. The SMILES string of the molecule is Cc1ccc([C@H](N)CF)c(Br)c1.Cl. The van der Waals surface area contributed by atoms with Crippen LogP contribution in [0.25, 0.3) is 0 Å². The van der Waals surface area contributed by atoms with E-state index in [4.69, 9.17) is 5.73 Å². The summed E-state index contributed by atoms with van der Waals surface area (Å²) in [5, 5.41) is 0. The van der Waals surface area contributed by atoms with Crippen LogP contribution in [0.15, 0.2) is 22.7 Å². The first-order valence-electron chi connectivity index (χ1n) is 3.72. The van der Waals surface area contributed by atoms with Gasteiger partial charge in [0.05, 0.1) is 6.04 Å². The van der Waals surface area contributed by atoms with E-state index in [2.05, 4.69) is 15.9 Å². The first-order valence-corrected chi connectivity index (χ1v) is 4.52. The highest BCUT2D eigenvalue weighted by Crippen LogP contribution is 2.23. The molecule has 0 saturated heterocycles. The van der Waals surface area contributed by atoms with E-state index >= 15 is 0 Å². The molecule has 0 bridgehead atoms. The fourth-order valence-corrected chi connectivity index (χ4v) is 1.80. The summed E-state index contributed by atoms with van der Waals surface area (Å²) in [6, 6.07) is 5.20. The lowest BCUT2D eigenvalue weighted by molar-refractivity contribution is 0.436. The Morgan fingerprint density at radius 1 is 1.54 bits per heavy atom. The van der Waals surface area contributed by atoms with Crippen molar-refractivity contribution >= 4 is 28.3 Å². The van der Waals surface area contributed by atoms with Crippen LogP contribution in [0.3, 0.4) is 0 Å². The molecule has 0 amide bonds. The van der Waals surface area contributed by atoms with Crippen LogP contribution in [-0.4, -0.2) is 6.67 Å². The van der Waals surface area contributed by atoms with E-state index < -0.39 is 12.7 Å². The maximum atomic E-state index is 12.2. The van der Waals surface area contributed by atoms with Crippen molar-refractivity contribution in [2.75, 3.05) is 6.67 Å². The molecule has 1 nitrogen and oxygen atoms in total. The lowest BCUT2D eigenvalue weighted by atomic mass is 10.1. The van der Waals surface area contributed by atoms with Crippen LogP contribution in [-0.2, 0) is 0 Å². The smallest absolute Gasteiger partial charge is 0.109 e. The Balaban J connectivity index is 0.00000144. The second kappa shape index (κ2) is 5.58. The Morgan fingerprint density at radius 3 is 2.62 bits per heavy atom. The van der Waals surface area contributed by atoms with Crippen molar-refractivity contribution in [3.8, 4) is 0 Å². The van der Waals surface area contributed by atoms with E-state index in [0.717, 1.165) is 15.6 Å². The van der Waals surface area contributed by atoms with Gasteiger partial charge in [-0.3, -0.25) is 0 Å². The van der Waals surface area contributed by atoms with Gasteiger partial charge >= 0.3 is 0 Å². The topological polar surface area (TPSA) is 26.0 Å². The van der Waals surface area contributed by atoms with E-state index in [9.17, 15) is 4.39 Å². The summed E-state index contributed by atoms with van der Waals surface area (Å²) in [6.45, 7) is 1.46. The predicted molar refractivity (Wildman–Crippen MR) is 59.0 cm³/mol. The van der Waals surface area contributed by atoms with Gasteiger partial charge in [0, 0.05) is 4.47 Å². The van der Waals surface area contributed by atoms with Crippen molar-refractivity contribution in [1.82, 2.24) is 0 Å². The second-order valence-corrected chi connectivity index (χ2v) is 3.64. The summed E-state index contributed by atoms with van der Waals surface area (Å²) in [7, 11) is 0. The van der Waals surface area contributed by atoms with Crippen molar-refractivity contribution in [1.29, 1.82) is 0 Å². The number of hydrogen-bond acceptors (Lipinski definition) is 1. The minimum Gasteiger partial charge on any atom is -0.322 e. The van der Waals surface area contributed by atoms with Gasteiger partial charge in [0.15, 0.2) is 0 Å². The lowest BCUT2D eigenvalue weighted by Crippen LogP contribution is -2.12. The number of nitrogens with two attached hydrogens (primary N) is 1. The van der Waals surface area contributed by atoms with E-state index in [-0.39, 0.29) is 12.4 Å². The van der Waals surface area contributed by atoms with Crippen LogP contribution >= 0.6 is 28.3 Å². The highest BCUT2D eigenvalue weighted by Gasteiger charge is 2.08. The van der Waals surface area contributed by atoms with E-state index in [1.54, 1.807) is 0 Å². The van der Waals surface area contributed by atoms with Crippen LogP contribution in [0.1, 0.15) is 17.2 Å². The van der Waals surface area contributed by atoms with Gasteiger partial charge in [-0.15, -0.1) is 12.4 Å². The summed E-state index contributed by atoms with van der Waals surface area (Å²) < 4.78 is 13.1. The molecule has 0 aliphatic rings. The average molecular weight is 269 g/mol. The predicted octanol–water partition coefficient (Wildman–Crippen LogP) is 3.15. The Bertz CT molecular complexity index is 280. The third-order valence-corrected chi connectivity index (χ3v) is 2.41. The van der Waals surface area contributed by atoms with Crippen molar-refractivity contribution in [2.24, 2.45) is 5.73 Å². The molecule has 0 radical (unpaired) electrons. The van der Waals surface area contributed by atoms with Gasteiger partial charge < -0.3 is 5.73 Å². The zero-order chi connectivity index (χ0) is 9.14. The molecular formula is C9H12BrClFN. The van der Waals surface area contributed by atoms with Crippen molar-refractivity contribution in [2.45, 2.75) is 13.0 Å². The molecule has 0 saturated carbocycles. The Labute approximate surface area is 92.1 Å². The molecule has 4 heteroatoms. The first-order chi connectivity index (χ1) is 5.65. The molecule has 1 aromatic carbocycles. The van der Waals surface area contributed by atoms with Gasteiger partial charge in [-0.1, -0.05) is 28.1 Å². The number of benzene rings is 1. The zero-order valence-corrected chi connectivity index (χ0v) is 9.66. The fraction of sp³-hybridized carbons (Fsp3) is 0.333. The number of alkyl halides is 1. The van der Waals surface area contributed by atoms with Crippen LogP contribution in [0.4, 0.5) is 4.39 Å². The van der Waals surface area contributed by atoms with Crippen LogP contribution < -0.4 is 5.73 Å². The van der Waals surface area contributed by atoms with E-state index in [0.29, 0.717) is 0 Å². The Kier molecular flexibility index (Phi) is 5.53. The molecule has 0 heterocycles. The Hall–Kier alpha value is -0.120. The fourth-order valence-electron chi connectivity index (χ4n) is 1.02. The van der Waals surface area contributed by atoms with Gasteiger partial charge in [-0.25, -0.2) is 4.39 Å². The number of hydrogen-bond donors (Lipinski definition) is 1. The van der Waals surface area contributed by atoms with Crippen molar-refractivity contribution < 1.29 is 4.39 Å². The molecule has 0 aliphatic carbocycles. The second-order valence-electron chi connectivity index (χ2n) is 2.79. The average Bonchev–Trinajstić information content (AvgIpc) is 2.03. The minimum absolute atomic E-state index is 0. The van der Waals surface area contributed by atoms with Gasteiger partial charge in [0.25, 0.3) is 0 Å². The highest BCUT2D eigenvalue weighted by molar-refractivity contribution is 9.10. The molecule has 74 valence electrons. The van der Waals surface area contributed by atoms with Crippen LogP contribution in [0.5, 0.6) is 0 Å². The minimum atomic E-state index is -0.526. The number of rotatable bonds is 2. The van der Waals surface area contributed by atoms with Gasteiger partial charge in [-0.05, 0) is 24.1 Å². The molecule has 2 N–H and O–H groups in total. The van der Waals surface area contributed by atoms with Gasteiger partial charge in [0.2, 0.25) is 0 Å². The van der Waals surface area contributed by atoms with E-state index in [1.165, 1.54) is 0 Å². The summed E-state index contributed by atoms with van der Waals surface area (Å²) in [4.78, 5) is 0. The first kappa shape index (κ1) is 12.9. The molecular weight excluding hydrogens is 256 g/mol. The van der Waals surface area contributed by atoms with Gasteiger partial charge in [0.1, 0.15) is 6.67 Å². The largest absolute Gasteiger partial charge is 0.322 e. The molecule has 1 atom stereocenters. The van der Waals surface area contributed by atoms with E-state index in [1.807, 2.05) is 25.1 Å². The standard InChI is InChI=1S/C9H11BrFN.ClH/c1-6-2-3-7(8(10)4-6)9(12)5-11;/h2-4,9H,5,12H2,1H3;1H/t9-;/m1./s1. The molecule has 0 unspecified atom stereocenters. The molecule has 0 aromatic heterocycles. The maximum absolute atomic E-state index is 12.2. The third-order valence-electron chi connectivity index (χ3n) is 1.72. The normalized spacial score (nSPS) is 12.0. The zero-order valence-electron chi connectivity index (χ0n) is 7.26. The summed E-state index contributed by atoms with van der Waals surface area (Å²) >= 11 is 3.34. The molecule has 0 spiro atoms. The summed E-state index contributed by atoms with van der Waals surface area (Å²) in [5.74, 6) is 0. The Morgan fingerprint density at radius 2 is 2.15 bits per heavy atom. The van der Waals surface area contributed by atoms with Crippen molar-refractivity contribution in [3.63, 3.8) is 0 Å². The summed E-state index contributed by atoms with van der Waals surface area (Å²) in [5.41, 5.74) is 7.50. The molecule has 13 heavy (non-hydrogen) atoms. The maximum Gasteiger partial charge on any atom is 0.109 e. The molecule has 1 aromatic rings. The molecule has 0 fully saturated rings. The lowest BCUT2D eigenvalue weighted by Gasteiger charge is -2.09. The number of halogens is 3. The number of aryl methyl sites for hydroxylation is 1. The highest BCUT2D eigenvalue weighted by atomic mass is 79.9. The van der Waals surface area contributed by atoms with Crippen LogP contribution in [0.2, 0.25) is 0 Å². The van der Waals surface area contributed by atoms with Gasteiger partial charge in [-0.2, -0.15) is 0 Å². The third kappa shape index (κ3) is 3.25. The van der Waals surface area contributed by atoms with Crippen molar-refractivity contribution in [3.05, 3.63) is 33.8 Å². The molecule has 0 aliphatic heterocycles. The van der Waals surface area contributed by atoms with Crippen LogP contribution in [0, 0.1) is 6.92 Å². The monoisotopic (exact) mass is 267 g/mol.